The Morgan fingerprint density at radius 3 is 2.45 bits per heavy atom. The van der Waals surface area contributed by atoms with Gasteiger partial charge in [-0.2, -0.15) is 4.98 Å². The molecule has 0 aromatic carbocycles. The number of piperidine rings is 1. The van der Waals surface area contributed by atoms with Gasteiger partial charge in [-0.3, -0.25) is 9.59 Å². The lowest BCUT2D eigenvalue weighted by atomic mass is 9.95. The number of morpholine rings is 1. The topological polar surface area (TPSA) is 94.1 Å². The van der Waals surface area contributed by atoms with Crippen LogP contribution in [0.4, 0.5) is 0 Å². The smallest absolute Gasteiger partial charge is 0.264 e. The molecule has 2 aromatic heterocycles. The molecule has 10 heteroatoms. The van der Waals surface area contributed by atoms with Gasteiger partial charge in [0.2, 0.25) is 11.8 Å². The molecule has 2 saturated heterocycles. The second kappa shape index (κ2) is 9.46. The van der Waals surface area contributed by atoms with Crippen LogP contribution in [0.25, 0.3) is 10.2 Å². The summed E-state index contributed by atoms with van der Waals surface area (Å²) >= 11 is 1.36. The van der Waals surface area contributed by atoms with Gasteiger partial charge in [-0.05, 0) is 25.3 Å². The van der Waals surface area contributed by atoms with E-state index in [-0.39, 0.29) is 24.3 Å². The van der Waals surface area contributed by atoms with Gasteiger partial charge in [-0.25, -0.2) is 4.98 Å². The number of thiophene rings is 1. The number of likely N-dealkylation sites (tertiary alicyclic amines) is 1. The number of carbonyl (C=O) groups is 2. The van der Waals surface area contributed by atoms with E-state index in [0.29, 0.717) is 68.8 Å². The molecule has 0 spiro atoms. The van der Waals surface area contributed by atoms with E-state index in [0.717, 1.165) is 15.8 Å². The fourth-order valence-corrected chi connectivity index (χ4v) is 5.36. The Bertz CT molecular complexity index is 964. The second-order valence-corrected chi connectivity index (χ2v) is 8.82. The van der Waals surface area contributed by atoms with Crippen molar-refractivity contribution in [3.63, 3.8) is 0 Å². The molecule has 2 aliphatic rings. The van der Waals surface area contributed by atoms with Crippen LogP contribution in [0, 0.1) is 12.8 Å². The van der Waals surface area contributed by atoms with Gasteiger partial charge in [0.05, 0.1) is 30.6 Å². The highest BCUT2D eigenvalue weighted by Gasteiger charge is 2.32. The van der Waals surface area contributed by atoms with E-state index in [1.54, 1.807) is 14.2 Å². The highest BCUT2D eigenvalue weighted by atomic mass is 32.1. The van der Waals surface area contributed by atoms with Gasteiger partial charge in [0.15, 0.2) is 5.82 Å². The Balaban J connectivity index is 1.48. The number of hydrogen-bond donors (Lipinski definition) is 0. The van der Waals surface area contributed by atoms with Gasteiger partial charge in [0.1, 0.15) is 11.4 Å². The molecule has 4 rings (SSSR count). The van der Waals surface area contributed by atoms with E-state index in [4.69, 9.17) is 14.2 Å². The number of amides is 2. The molecule has 0 N–H and O–H groups in total. The van der Waals surface area contributed by atoms with Crippen molar-refractivity contribution in [3.05, 3.63) is 16.3 Å². The molecule has 2 aliphatic heterocycles. The Morgan fingerprint density at radius 2 is 1.81 bits per heavy atom. The third-order valence-electron chi connectivity index (χ3n) is 5.92. The number of hydrogen-bond acceptors (Lipinski definition) is 8. The zero-order valence-electron chi connectivity index (χ0n) is 18.2. The molecule has 2 amide bonds. The number of methoxy groups -OCH3 is 2. The average molecular weight is 449 g/mol. The van der Waals surface area contributed by atoms with E-state index in [1.807, 2.05) is 16.7 Å². The summed E-state index contributed by atoms with van der Waals surface area (Å²) in [6.07, 6.45) is 1.37. The molecule has 0 bridgehead atoms. The predicted octanol–water partition coefficient (Wildman–Crippen LogP) is 1.87. The van der Waals surface area contributed by atoms with Gasteiger partial charge in [-0.1, -0.05) is 0 Å². The molecule has 0 aliphatic carbocycles. The highest BCUT2D eigenvalue weighted by Crippen LogP contribution is 2.36. The maximum Gasteiger partial charge on any atom is 0.264 e. The minimum absolute atomic E-state index is 0.0202. The van der Waals surface area contributed by atoms with Crippen LogP contribution in [0.1, 0.15) is 33.9 Å². The molecule has 2 aromatic rings. The van der Waals surface area contributed by atoms with Crippen LogP contribution < -0.4 is 4.74 Å². The minimum atomic E-state index is -0.0203. The molecule has 0 saturated carbocycles. The summed E-state index contributed by atoms with van der Waals surface area (Å²) in [5.41, 5.74) is 0.831. The summed E-state index contributed by atoms with van der Waals surface area (Å²) in [7, 11) is 3.15. The summed E-state index contributed by atoms with van der Waals surface area (Å²) in [5, 5.41) is 0.771. The lowest BCUT2D eigenvalue weighted by molar-refractivity contribution is -0.141. The van der Waals surface area contributed by atoms with Crippen molar-refractivity contribution in [2.24, 2.45) is 5.92 Å². The first kappa shape index (κ1) is 21.9. The van der Waals surface area contributed by atoms with Crippen LogP contribution in [0.5, 0.6) is 5.88 Å². The lowest BCUT2D eigenvalue weighted by Gasteiger charge is -2.35. The highest BCUT2D eigenvalue weighted by molar-refractivity contribution is 7.20. The Morgan fingerprint density at radius 1 is 1.10 bits per heavy atom. The fraction of sp³-hybridized carbons (Fsp3) is 0.619. The number of ether oxygens (including phenoxy) is 3. The van der Waals surface area contributed by atoms with Crippen LogP contribution >= 0.6 is 11.3 Å². The van der Waals surface area contributed by atoms with Crippen molar-refractivity contribution in [2.45, 2.75) is 26.4 Å². The number of nitrogens with zero attached hydrogens (tertiary/aromatic N) is 4. The summed E-state index contributed by atoms with van der Waals surface area (Å²) in [5.74, 6) is 1.13. The molecule has 4 heterocycles. The van der Waals surface area contributed by atoms with Gasteiger partial charge in [-0.15, -0.1) is 11.3 Å². The molecule has 0 atom stereocenters. The maximum atomic E-state index is 13.3. The molecule has 0 unspecified atom stereocenters. The standard InChI is InChI=1S/C21H28N4O5S/c1-13-16-18(29-3)22-15(12-28-2)23-19(16)31-17(13)21(27)24-6-4-14(5-7-24)20(26)25-8-10-30-11-9-25/h14H,4-12H2,1-3H3. The number of aryl methyl sites for hydroxylation is 1. The van der Waals surface area contributed by atoms with Gasteiger partial charge >= 0.3 is 0 Å². The summed E-state index contributed by atoms with van der Waals surface area (Å²) in [6.45, 7) is 5.86. The fourth-order valence-electron chi connectivity index (χ4n) is 4.20. The summed E-state index contributed by atoms with van der Waals surface area (Å²) < 4.78 is 15.9. The van der Waals surface area contributed by atoms with Crippen molar-refractivity contribution in [1.29, 1.82) is 0 Å². The number of carbonyl (C=O) groups excluding carboxylic acids is 2. The third-order valence-corrected chi connectivity index (χ3v) is 7.09. The molecule has 0 radical (unpaired) electrons. The largest absolute Gasteiger partial charge is 0.480 e. The zero-order chi connectivity index (χ0) is 22.0. The van der Waals surface area contributed by atoms with Crippen molar-refractivity contribution in [3.8, 4) is 5.88 Å². The number of fused-ring (bicyclic) bond motifs is 1. The van der Waals surface area contributed by atoms with E-state index in [9.17, 15) is 9.59 Å². The monoisotopic (exact) mass is 448 g/mol. The maximum absolute atomic E-state index is 13.3. The van der Waals surface area contributed by atoms with Crippen molar-refractivity contribution >= 4 is 33.4 Å². The van der Waals surface area contributed by atoms with E-state index < -0.39 is 0 Å². The Kier molecular flexibility index (Phi) is 6.68. The van der Waals surface area contributed by atoms with Crippen LogP contribution in [-0.4, -0.2) is 85.2 Å². The van der Waals surface area contributed by atoms with Crippen LogP contribution in [0.15, 0.2) is 0 Å². The second-order valence-electron chi connectivity index (χ2n) is 7.82. The van der Waals surface area contributed by atoms with Crippen molar-refractivity contribution in [2.75, 3.05) is 53.6 Å². The van der Waals surface area contributed by atoms with Crippen LogP contribution in [-0.2, 0) is 20.9 Å². The number of rotatable bonds is 5. The quantitative estimate of drug-likeness (QED) is 0.689. The lowest BCUT2D eigenvalue weighted by Crippen LogP contribution is -2.47. The van der Waals surface area contributed by atoms with Gasteiger partial charge < -0.3 is 24.0 Å². The molecule has 168 valence electrons. The molecular formula is C21H28N4O5S. The third kappa shape index (κ3) is 4.37. The van der Waals surface area contributed by atoms with Gasteiger partial charge in [0.25, 0.3) is 5.91 Å². The van der Waals surface area contributed by atoms with E-state index in [1.165, 1.54) is 11.3 Å². The van der Waals surface area contributed by atoms with Crippen molar-refractivity contribution in [1.82, 2.24) is 19.8 Å². The van der Waals surface area contributed by atoms with Gasteiger partial charge in [0, 0.05) is 39.2 Å². The van der Waals surface area contributed by atoms with Crippen molar-refractivity contribution < 1.29 is 23.8 Å². The first-order chi connectivity index (χ1) is 15.0. The summed E-state index contributed by atoms with van der Waals surface area (Å²) in [4.78, 5) is 40.1. The predicted molar refractivity (Wildman–Crippen MR) is 115 cm³/mol. The number of aromatic nitrogens is 2. The molecule has 2 fully saturated rings. The Hall–Kier alpha value is -2.30. The van der Waals surface area contributed by atoms with E-state index in [2.05, 4.69) is 9.97 Å². The normalized spacial score (nSPS) is 17.9. The van der Waals surface area contributed by atoms with E-state index >= 15 is 0 Å². The average Bonchev–Trinajstić information content (AvgIpc) is 3.14. The Labute approximate surface area is 185 Å². The van der Waals surface area contributed by atoms with Crippen LogP contribution in [0.3, 0.4) is 0 Å². The zero-order valence-corrected chi connectivity index (χ0v) is 19.0. The molecular weight excluding hydrogens is 420 g/mol. The van der Waals surface area contributed by atoms with Crippen LogP contribution in [0.2, 0.25) is 0 Å². The first-order valence-electron chi connectivity index (χ1n) is 10.5. The summed E-state index contributed by atoms with van der Waals surface area (Å²) in [6, 6.07) is 0. The minimum Gasteiger partial charge on any atom is -0.480 e. The molecule has 31 heavy (non-hydrogen) atoms. The first-order valence-corrected chi connectivity index (χ1v) is 11.3. The SMILES string of the molecule is COCc1nc(OC)c2c(C)c(C(=O)N3CCC(C(=O)N4CCOCC4)CC3)sc2n1. The molecule has 9 nitrogen and oxygen atoms in total.